The van der Waals surface area contributed by atoms with Crippen LogP contribution in [0.25, 0.3) is 0 Å². The standard InChI is InChI=1S/C17H25N3O4/c1-3-24-15-6-4-14(5-7-15)18-16(21)12-19(2)13-17(22)20-8-10-23-11-9-20/h4-7H,3,8-13H2,1-2H3,(H,18,21)/p+1. The Labute approximate surface area is 142 Å². The van der Waals surface area contributed by atoms with E-state index in [1.807, 2.05) is 26.1 Å². The number of amides is 2. The Morgan fingerprint density at radius 3 is 2.50 bits per heavy atom. The van der Waals surface area contributed by atoms with Crippen molar-refractivity contribution in [3.8, 4) is 5.75 Å². The highest BCUT2D eigenvalue weighted by Crippen LogP contribution is 2.15. The number of nitrogens with one attached hydrogen (secondary N) is 2. The molecule has 1 saturated heterocycles. The van der Waals surface area contributed by atoms with Crippen LogP contribution in [-0.4, -0.2) is 69.8 Å². The number of nitrogens with zero attached hydrogens (tertiary/aromatic N) is 1. The third-order valence-electron chi connectivity index (χ3n) is 3.73. The Hall–Kier alpha value is -2.12. The van der Waals surface area contributed by atoms with E-state index in [0.717, 1.165) is 16.3 Å². The molecule has 1 aromatic rings. The third kappa shape index (κ3) is 5.82. The van der Waals surface area contributed by atoms with E-state index in [-0.39, 0.29) is 18.4 Å². The number of hydrogen-bond donors (Lipinski definition) is 2. The van der Waals surface area contributed by atoms with E-state index in [9.17, 15) is 9.59 Å². The molecule has 1 aliphatic heterocycles. The molecular formula is C17H26N3O4+. The van der Waals surface area contributed by atoms with Gasteiger partial charge in [-0.1, -0.05) is 0 Å². The zero-order chi connectivity index (χ0) is 17.4. The van der Waals surface area contributed by atoms with Gasteiger partial charge in [0.25, 0.3) is 11.8 Å². The van der Waals surface area contributed by atoms with Gasteiger partial charge < -0.3 is 24.6 Å². The topological polar surface area (TPSA) is 72.3 Å². The summed E-state index contributed by atoms with van der Waals surface area (Å²) in [6.45, 7) is 5.50. The van der Waals surface area contributed by atoms with Gasteiger partial charge in [0.15, 0.2) is 13.1 Å². The van der Waals surface area contributed by atoms with Crippen LogP contribution in [0.5, 0.6) is 5.75 Å². The number of carbonyl (C=O) groups is 2. The van der Waals surface area contributed by atoms with Crippen LogP contribution in [0.4, 0.5) is 5.69 Å². The summed E-state index contributed by atoms with van der Waals surface area (Å²) >= 11 is 0. The van der Waals surface area contributed by atoms with Crippen molar-refractivity contribution in [1.29, 1.82) is 0 Å². The van der Waals surface area contributed by atoms with Crippen LogP contribution in [0.2, 0.25) is 0 Å². The average molecular weight is 336 g/mol. The fourth-order valence-electron chi connectivity index (χ4n) is 2.53. The van der Waals surface area contributed by atoms with Crippen molar-refractivity contribution in [1.82, 2.24) is 4.90 Å². The van der Waals surface area contributed by atoms with Crippen LogP contribution >= 0.6 is 0 Å². The van der Waals surface area contributed by atoms with Crippen LogP contribution in [-0.2, 0) is 14.3 Å². The second kappa shape index (κ2) is 9.24. The second-order valence-electron chi connectivity index (χ2n) is 5.81. The van der Waals surface area contributed by atoms with Crippen LogP contribution < -0.4 is 15.0 Å². The first-order valence-electron chi connectivity index (χ1n) is 8.28. The van der Waals surface area contributed by atoms with Crippen molar-refractivity contribution in [3.05, 3.63) is 24.3 Å². The number of carbonyl (C=O) groups excluding carboxylic acids is 2. The largest absolute Gasteiger partial charge is 0.494 e. The Bertz CT molecular complexity index is 541. The molecule has 1 atom stereocenters. The number of benzene rings is 1. The van der Waals surface area contributed by atoms with Crippen molar-refractivity contribution in [2.24, 2.45) is 0 Å². The smallest absolute Gasteiger partial charge is 0.279 e. The van der Waals surface area contributed by atoms with E-state index in [1.165, 1.54) is 0 Å². The van der Waals surface area contributed by atoms with Gasteiger partial charge in [0.05, 0.1) is 26.9 Å². The number of ether oxygens (including phenoxy) is 2. The summed E-state index contributed by atoms with van der Waals surface area (Å²) in [5, 5.41) is 2.83. The van der Waals surface area contributed by atoms with Crippen molar-refractivity contribution in [2.75, 3.05) is 58.4 Å². The first-order valence-corrected chi connectivity index (χ1v) is 8.28. The molecule has 24 heavy (non-hydrogen) atoms. The lowest BCUT2D eigenvalue weighted by Gasteiger charge is -2.27. The maximum absolute atomic E-state index is 12.2. The van der Waals surface area contributed by atoms with Crippen molar-refractivity contribution in [2.45, 2.75) is 6.92 Å². The van der Waals surface area contributed by atoms with Crippen molar-refractivity contribution >= 4 is 17.5 Å². The summed E-state index contributed by atoms with van der Waals surface area (Å²) in [4.78, 5) is 26.9. The predicted molar refractivity (Wildman–Crippen MR) is 90.3 cm³/mol. The lowest BCUT2D eigenvalue weighted by molar-refractivity contribution is -0.862. The summed E-state index contributed by atoms with van der Waals surface area (Å²) in [5.74, 6) is 0.713. The molecule has 2 rings (SSSR count). The zero-order valence-electron chi connectivity index (χ0n) is 14.3. The van der Waals surface area contributed by atoms with E-state index < -0.39 is 0 Å². The zero-order valence-corrected chi connectivity index (χ0v) is 14.3. The van der Waals surface area contributed by atoms with Gasteiger partial charge in [-0.2, -0.15) is 0 Å². The lowest BCUT2D eigenvalue weighted by Crippen LogP contribution is -3.11. The number of anilines is 1. The molecule has 2 amide bonds. The first-order chi connectivity index (χ1) is 11.6. The Morgan fingerprint density at radius 1 is 1.21 bits per heavy atom. The Morgan fingerprint density at radius 2 is 1.88 bits per heavy atom. The van der Waals surface area contributed by atoms with Gasteiger partial charge in [-0.15, -0.1) is 0 Å². The number of hydrogen-bond acceptors (Lipinski definition) is 4. The van der Waals surface area contributed by atoms with Gasteiger partial charge in [0.1, 0.15) is 5.75 Å². The SMILES string of the molecule is CCOc1ccc(NC(=O)C[NH+](C)CC(=O)N2CCOCC2)cc1. The molecule has 7 heteroatoms. The summed E-state index contributed by atoms with van der Waals surface area (Å²) in [7, 11) is 1.84. The quantitative estimate of drug-likeness (QED) is 0.697. The van der Waals surface area contributed by atoms with Crippen molar-refractivity contribution in [3.63, 3.8) is 0 Å². The second-order valence-corrected chi connectivity index (χ2v) is 5.81. The van der Waals surface area contributed by atoms with Crippen LogP contribution in [0, 0.1) is 0 Å². The minimum atomic E-state index is -0.119. The minimum absolute atomic E-state index is 0.0599. The summed E-state index contributed by atoms with van der Waals surface area (Å²) in [6.07, 6.45) is 0. The molecule has 7 nitrogen and oxygen atoms in total. The molecule has 0 spiro atoms. The number of likely N-dealkylation sites (N-methyl/N-ethyl adjacent to an activating group) is 1. The van der Waals surface area contributed by atoms with Gasteiger partial charge in [0, 0.05) is 18.8 Å². The van der Waals surface area contributed by atoms with Gasteiger partial charge in [0.2, 0.25) is 0 Å². The molecule has 1 unspecified atom stereocenters. The normalized spacial score (nSPS) is 15.7. The average Bonchev–Trinajstić information content (AvgIpc) is 2.57. The molecular weight excluding hydrogens is 310 g/mol. The summed E-state index contributed by atoms with van der Waals surface area (Å²) in [6, 6.07) is 7.24. The van der Waals surface area contributed by atoms with Gasteiger partial charge in [-0.25, -0.2) is 0 Å². The van der Waals surface area contributed by atoms with Crippen LogP contribution in [0.3, 0.4) is 0 Å². The van der Waals surface area contributed by atoms with Gasteiger partial charge >= 0.3 is 0 Å². The molecule has 1 aliphatic rings. The van der Waals surface area contributed by atoms with Gasteiger partial charge in [-0.05, 0) is 31.2 Å². The van der Waals surface area contributed by atoms with E-state index in [0.29, 0.717) is 39.5 Å². The maximum Gasteiger partial charge on any atom is 0.279 e. The number of morpholine rings is 1. The predicted octanol–water partition coefficient (Wildman–Crippen LogP) is -0.603. The van der Waals surface area contributed by atoms with E-state index in [4.69, 9.17) is 9.47 Å². The van der Waals surface area contributed by atoms with Crippen molar-refractivity contribution < 1.29 is 24.0 Å². The Balaban J connectivity index is 1.75. The van der Waals surface area contributed by atoms with E-state index in [2.05, 4.69) is 5.32 Å². The van der Waals surface area contributed by atoms with Gasteiger partial charge in [-0.3, -0.25) is 9.59 Å². The van der Waals surface area contributed by atoms with Crippen LogP contribution in [0.15, 0.2) is 24.3 Å². The van der Waals surface area contributed by atoms with E-state index in [1.54, 1.807) is 17.0 Å². The molecule has 0 saturated carbocycles. The monoisotopic (exact) mass is 336 g/mol. The minimum Gasteiger partial charge on any atom is -0.494 e. The molecule has 0 bridgehead atoms. The van der Waals surface area contributed by atoms with Crippen LogP contribution in [0.1, 0.15) is 6.92 Å². The molecule has 0 radical (unpaired) electrons. The number of quaternary nitrogens is 1. The molecule has 2 N–H and O–H groups in total. The summed E-state index contributed by atoms with van der Waals surface area (Å²) in [5.41, 5.74) is 0.718. The highest BCUT2D eigenvalue weighted by molar-refractivity contribution is 5.91. The molecule has 132 valence electrons. The lowest BCUT2D eigenvalue weighted by atomic mass is 10.3. The molecule has 1 fully saturated rings. The fourth-order valence-corrected chi connectivity index (χ4v) is 2.53. The molecule has 1 heterocycles. The highest BCUT2D eigenvalue weighted by Gasteiger charge is 2.21. The first kappa shape index (κ1) is 18.2. The maximum atomic E-state index is 12.2. The highest BCUT2D eigenvalue weighted by atomic mass is 16.5. The molecule has 0 aromatic heterocycles. The third-order valence-corrected chi connectivity index (χ3v) is 3.73. The fraction of sp³-hybridized carbons (Fsp3) is 0.529. The molecule has 0 aliphatic carbocycles. The Kier molecular flexibility index (Phi) is 7.02. The summed E-state index contributed by atoms with van der Waals surface area (Å²) < 4.78 is 10.6. The van der Waals surface area contributed by atoms with E-state index >= 15 is 0 Å². The number of rotatable bonds is 7. The molecule has 1 aromatic carbocycles.